The molecule has 2 N–H and O–H groups in total. The van der Waals surface area contributed by atoms with Crippen LogP contribution >= 0.6 is 0 Å². The SMILES string of the molecule is CC(=O)N[C@@H](C(=O)NCC(=O)OCc1ccccc1)C(C)C. The summed E-state index contributed by atoms with van der Waals surface area (Å²) in [5, 5.41) is 5.03. The number of hydrogen-bond acceptors (Lipinski definition) is 4. The molecule has 1 aromatic rings. The van der Waals surface area contributed by atoms with E-state index in [0.29, 0.717) is 0 Å². The van der Waals surface area contributed by atoms with Crippen LogP contribution in [-0.2, 0) is 25.7 Å². The van der Waals surface area contributed by atoms with E-state index in [0.717, 1.165) is 5.56 Å². The van der Waals surface area contributed by atoms with Crippen LogP contribution in [0, 0.1) is 5.92 Å². The Labute approximate surface area is 130 Å². The van der Waals surface area contributed by atoms with E-state index < -0.39 is 17.9 Å². The van der Waals surface area contributed by atoms with Crippen molar-refractivity contribution < 1.29 is 19.1 Å². The molecule has 2 amide bonds. The van der Waals surface area contributed by atoms with Gasteiger partial charge in [0.2, 0.25) is 11.8 Å². The summed E-state index contributed by atoms with van der Waals surface area (Å²) in [6.45, 7) is 4.90. The summed E-state index contributed by atoms with van der Waals surface area (Å²) in [4.78, 5) is 34.7. The zero-order chi connectivity index (χ0) is 16.5. The zero-order valence-corrected chi connectivity index (χ0v) is 13.1. The second kappa shape index (κ2) is 8.81. The van der Waals surface area contributed by atoms with Gasteiger partial charge in [-0.1, -0.05) is 44.2 Å². The van der Waals surface area contributed by atoms with Crippen molar-refractivity contribution in [2.24, 2.45) is 5.92 Å². The average Bonchev–Trinajstić information content (AvgIpc) is 2.48. The smallest absolute Gasteiger partial charge is 0.325 e. The molecule has 0 bridgehead atoms. The van der Waals surface area contributed by atoms with Gasteiger partial charge < -0.3 is 15.4 Å². The van der Waals surface area contributed by atoms with Crippen LogP contribution in [0.3, 0.4) is 0 Å². The molecular formula is C16H22N2O4. The molecule has 0 aromatic heterocycles. The van der Waals surface area contributed by atoms with Gasteiger partial charge in [-0.2, -0.15) is 0 Å². The van der Waals surface area contributed by atoms with E-state index in [2.05, 4.69) is 10.6 Å². The third kappa shape index (κ3) is 6.39. The van der Waals surface area contributed by atoms with Gasteiger partial charge in [0, 0.05) is 6.92 Å². The van der Waals surface area contributed by atoms with E-state index in [9.17, 15) is 14.4 Å². The fraction of sp³-hybridized carbons (Fsp3) is 0.438. The molecule has 0 fully saturated rings. The van der Waals surface area contributed by atoms with Gasteiger partial charge in [-0.15, -0.1) is 0 Å². The summed E-state index contributed by atoms with van der Waals surface area (Å²) < 4.78 is 5.06. The molecule has 0 unspecified atom stereocenters. The predicted molar refractivity (Wildman–Crippen MR) is 81.7 cm³/mol. The largest absolute Gasteiger partial charge is 0.460 e. The van der Waals surface area contributed by atoms with Crippen molar-refractivity contribution in [3.8, 4) is 0 Å². The number of carbonyl (C=O) groups is 3. The van der Waals surface area contributed by atoms with Crippen LogP contribution in [-0.4, -0.2) is 30.4 Å². The number of amides is 2. The van der Waals surface area contributed by atoms with Crippen molar-refractivity contribution in [1.82, 2.24) is 10.6 Å². The van der Waals surface area contributed by atoms with Crippen molar-refractivity contribution in [2.45, 2.75) is 33.4 Å². The lowest BCUT2D eigenvalue weighted by Gasteiger charge is -2.20. The fourth-order valence-electron chi connectivity index (χ4n) is 1.81. The monoisotopic (exact) mass is 306 g/mol. The highest BCUT2D eigenvalue weighted by Crippen LogP contribution is 2.02. The molecule has 0 aliphatic heterocycles. The van der Waals surface area contributed by atoms with Crippen LogP contribution < -0.4 is 10.6 Å². The van der Waals surface area contributed by atoms with Gasteiger partial charge in [0.15, 0.2) is 0 Å². The first-order valence-corrected chi connectivity index (χ1v) is 7.14. The molecule has 6 heteroatoms. The molecule has 0 saturated heterocycles. The maximum absolute atomic E-state index is 12.0. The number of carbonyl (C=O) groups excluding carboxylic acids is 3. The van der Waals surface area contributed by atoms with Crippen LogP contribution in [0.25, 0.3) is 0 Å². The van der Waals surface area contributed by atoms with E-state index in [-0.39, 0.29) is 25.0 Å². The van der Waals surface area contributed by atoms with Gasteiger partial charge in [0.05, 0.1) is 0 Å². The Kier molecular flexibility index (Phi) is 7.08. The van der Waals surface area contributed by atoms with Crippen LogP contribution in [0.4, 0.5) is 0 Å². The maximum Gasteiger partial charge on any atom is 0.325 e. The Hall–Kier alpha value is -2.37. The molecule has 0 spiro atoms. The van der Waals surface area contributed by atoms with Crippen molar-refractivity contribution in [1.29, 1.82) is 0 Å². The van der Waals surface area contributed by atoms with Gasteiger partial charge in [0.1, 0.15) is 19.2 Å². The molecule has 0 saturated carbocycles. The van der Waals surface area contributed by atoms with Gasteiger partial charge in [-0.05, 0) is 11.5 Å². The Morgan fingerprint density at radius 1 is 1.14 bits per heavy atom. The Morgan fingerprint density at radius 2 is 1.77 bits per heavy atom. The summed E-state index contributed by atoms with van der Waals surface area (Å²) in [7, 11) is 0. The number of hydrogen-bond donors (Lipinski definition) is 2. The first kappa shape index (κ1) is 17.7. The van der Waals surface area contributed by atoms with Crippen molar-refractivity contribution >= 4 is 17.8 Å². The first-order chi connectivity index (χ1) is 10.4. The molecule has 1 aromatic carbocycles. The Bertz CT molecular complexity index is 514. The van der Waals surface area contributed by atoms with Gasteiger partial charge in [-0.3, -0.25) is 14.4 Å². The van der Waals surface area contributed by atoms with E-state index >= 15 is 0 Å². The van der Waals surface area contributed by atoms with E-state index in [4.69, 9.17) is 4.74 Å². The van der Waals surface area contributed by atoms with Crippen molar-refractivity contribution in [3.05, 3.63) is 35.9 Å². The number of esters is 1. The summed E-state index contributed by atoms with van der Waals surface area (Å²) >= 11 is 0. The Morgan fingerprint density at radius 3 is 2.32 bits per heavy atom. The number of rotatable bonds is 7. The molecule has 0 heterocycles. The lowest BCUT2D eigenvalue weighted by Crippen LogP contribution is -2.50. The lowest BCUT2D eigenvalue weighted by atomic mass is 10.0. The van der Waals surface area contributed by atoms with Crippen LogP contribution in [0.2, 0.25) is 0 Å². The highest BCUT2D eigenvalue weighted by atomic mass is 16.5. The van der Waals surface area contributed by atoms with Gasteiger partial charge in [0.25, 0.3) is 0 Å². The second-order valence-corrected chi connectivity index (χ2v) is 5.29. The van der Waals surface area contributed by atoms with Gasteiger partial charge >= 0.3 is 5.97 Å². The van der Waals surface area contributed by atoms with E-state index in [1.54, 1.807) is 0 Å². The summed E-state index contributed by atoms with van der Waals surface area (Å²) in [6, 6.07) is 8.60. The predicted octanol–water partition coefficient (Wildman–Crippen LogP) is 1.01. The first-order valence-electron chi connectivity index (χ1n) is 7.14. The maximum atomic E-state index is 12.0. The highest BCUT2D eigenvalue weighted by Gasteiger charge is 2.23. The lowest BCUT2D eigenvalue weighted by molar-refractivity contribution is -0.145. The van der Waals surface area contributed by atoms with Crippen LogP contribution in [0.15, 0.2) is 30.3 Å². The van der Waals surface area contributed by atoms with Crippen LogP contribution in [0.1, 0.15) is 26.3 Å². The minimum atomic E-state index is -0.667. The molecule has 0 radical (unpaired) electrons. The third-order valence-electron chi connectivity index (χ3n) is 2.96. The number of ether oxygens (including phenoxy) is 1. The summed E-state index contributed by atoms with van der Waals surface area (Å²) in [6.07, 6.45) is 0. The number of nitrogens with one attached hydrogen (secondary N) is 2. The highest BCUT2D eigenvalue weighted by molar-refractivity contribution is 5.89. The second-order valence-electron chi connectivity index (χ2n) is 5.29. The minimum absolute atomic E-state index is 0.0794. The molecule has 6 nitrogen and oxygen atoms in total. The van der Waals surface area contributed by atoms with Gasteiger partial charge in [-0.25, -0.2) is 0 Å². The molecular weight excluding hydrogens is 284 g/mol. The molecule has 1 atom stereocenters. The van der Waals surface area contributed by atoms with Crippen molar-refractivity contribution in [2.75, 3.05) is 6.54 Å². The standard InChI is InChI=1S/C16H22N2O4/c1-11(2)15(18-12(3)19)16(21)17-9-14(20)22-10-13-7-5-4-6-8-13/h4-8,11,15H,9-10H2,1-3H3,(H,17,21)(H,18,19)/t15-/m1/s1. The molecule has 0 aliphatic carbocycles. The molecule has 1 rings (SSSR count). The van der Waals surface area contributed by atoms with Crippen molar-refractivity contribution in [3.63, 3.8) is 0 Å². The fourth-order valence-corrected chi connectivity index (χ4v) is 1.81. The third-order valence-corrected chi connectivity index (χ3v) is 2.96. The quantitative estimate of drug-likeness (QED) is 0.736. The minimum Gasteiger partial charge on any atom is -0.460 e. The molecule has 0 aliphatic rings. The summed E-state index contributed by atoms with van der Waals surface area (Å²) in [5.74, 6) is -1.30. The molecule has 22 heavy (non-hydrogen) atoms. The van der Waals surface area contributed by atoms with E-state index in [1.807, 2.05) is 44.2 Å². The normalized spacial score (nSPS) is 11.6. The Balaban J connectivity index is 2.38. The topological polar surface area (TPSA) is 84.5 Å². The van der Waals surface area contributed by atoms with Crippen LogP contribution in [0.5, 0.6) is 0 Å². The molecule has 120 valence electrons. The summed E-state index contributed by atoms with van der Waals surface area (Å²) in [5.41, 5.74) is 0.875. The van der Waals surface area contributed by atoms with E-state index in [1.165, 1.54) is 6.92 Å². The number of benzene rings is 1. The zero-order valence-electron chi connectivity index (χ0n) is 13.1. The average molecular weight is 306 g/mol.